The molecular formula is C17H23N3O5. The van der Waals surface area contributed by atoms with Crippen molar-refractivity contribution in [2.24, 2.45) is 0 Å². The lowest BCUT2D eigenvalue weighted by molar-refractivity contribution is -0.143. The maximum atomic E-state index is 12.2. The van der Waals surface area contributed by atoms with Gasteiger partial charge in [0.15, 0.2) is 0 Å². The second kappa shape index (κ2) is 7.42. The summed E-state index contributed by atoms with van der Waals surface area (Å²) < 4.78 is 9.88. The van der Waals surface area contributed by atoms with Gasteiger partial charge in [0.1, 0.15) is 17.7 Å². The molecule has 1 aromatic rings. The van der Waals surface area contributed by atoms with E-state index in [0.717, 1.165) is 5.69 Å². The van der Waals surface area contributed by atoms with Gasteiger partial charge in [0.2, 0.25) is 5.91 Å². The first-order valence-electron chi connectivity index (χ1n) is 7.93. The minimum absolute atomic E-state index is 0.0199. The SMILES string of the molecule is COC(=O)C(CC1Nc2ccccc2NC1=O)NC(=O)OC(C)(C)C. The summed E-state index contributed by atoms with van der Waals surface area (Å²) >= 11 is 0. The van der Waals surface area contributed by atoms with Gasteiger partial charge >= 0.3 is 12.1 Å². The molecular weight excluding hydrogens is 326 g/mol. The van der Waals surface area contributed by atoms with Crippen LogP contribution in [-0.4, -0.2) is 42.8 Å². The van der Waals surface area contributed by atoms with Crippen molar-refractivity contribution >= 4 is 29.3 Å². The number of benzene rings is 1. The Kier molecular flexibility index (Phi) is 5.51. The maximum Gasteiger partial charge on any atom is 0.408 e. The number of esters is 1. The van der Waals surface area contributed by atoms with Gasteiger partial charge < -0.3 is 25.4 Å². The van der Waals surface area contributed by atoms with Crippen molar-refractivity contribution in [3.05, 3.63) is 24.3 Å². The molecule has 25 heavy (non-hydrogen) atoms. The van der Waals surface area contributed by atoms with Gasteiger partial charge in [-0.2, -0.15) is 0 Å². The summed E-state index contributed by atoms with van der Waals surface area (Å²) in [6, 6.07) is 5.51. The Hall–Kier alpha value is -2.77. The first-order valence-corrected chi connectivity index (χ1v) is 7.93. The molecule has 8 nitrogen and oxygen atoms in total. The van der Waals surface area contributed by atoms with Crippen LogP contribution in [0.1, 0.15) is 27.2 Å². The number of nitrogens with one attached hydrogen (secondary N) is 3. The highest BCUT2D eigenvalue weighted by Crippen LogP contribution is 2.27. The molecule has 0 radical (unpaired) electrons. The first-order chi connectivity index (χ1) is 11.7. The number of ether oxygens (including phenoxy) is 2. The van der Waals surface area contributed by atoms with Crippen molar-refractivity contribution in [2.75, 3.05) is 17.7 Å². The number of carbonyl (C=O) groups is 3. The summed E-state index contributed by atoms with van der Waals surface area (Å²) in [5.74, 6) is -0.946. The molecule has 0 saturated carbocycles. The van der Waals surface area contributed by atoms with E-state index in [1.54, 1.807) is 26.8 Å². The molecule has 0 aromatic heterocycles. The first kappa shape index (κ1) is 18.6. The van der Waals surface area contributed by atoms with Crippen molar-refractivity contribution in [3.8, 4) is 0 Å². The van der Waals surface area contributed by atoms with Crippen LogP contribution in [0.15, 0.2) is 24.3 Å². The van der Waals surface area contributed by atoms with E-state index < -0.39 is 29.7 Å². The maximum absolute atomic E-state index is 12.2. The molecule has 2 atom stereocenters. The minimum Gasteiger partial charge on any atom is -0.467 e. The van der Waals surface area contributed by atoms with Gasteiger partial charge in [-0.15, -0.1) is 0 Å². The number of amides is 2. The molecule has 8 heteroatoms. The third kappa shape index (κ3) is 5.10. The number of carbonyl (C=O) groups excluding carboxylic acids is 3. The number of para-hydroxylation sites is 2. The zero-order valence-corrected chi connectivity index (χ0v) is 14.7. The van der Waals surface area contributed by atoms with Crippen LogP contribution in [0.3, 0.4) is 0 Å². The van der Waals surface area contributed by atoms with E-state index in [0.29, 0.717) is 5.69 Å². The molecule has 3 N–H and O–H groups in total. The van der Waals surface area contributed by atoms with Crippen LogP contribution in [0.25, 0.3) is 0 Å². The molecule has 1 aliphatic rings. The summed E-state index contributed by atoms with van der Waals surface area (Å²) in [5, 5.41) is 8.29. The second-order valence-corrected chi connectivity index (χ2v) is 6.69. The summed E-state index contributed by atoms with van der Waals surface area (Å²) in [7, 11) is 1.22. The highest BCUT2D eigenvalue weighted by atomic mass is 16.6. The van der Waals surface area contributed by atoms with Crippen LogP contribution in [-0.2, 0) is 19.1 Å². The second-order valence-electron chi connectivity index (χ2n) is 6.69. The largest absolute Gasteiger partial charge is 0.467 e. The Balaban J connectivity index is 2.08. The quantitative estimate of drug-likeness (QED) is 0.717. The Morgan fingerprint density at radius 1 is 1.24 bits per heavy atom. The summed E-state index contributed by atoms with van der Waals surface area (Å²) in [6.07, 6.45) is -0.731. The molecule has 2 rings (SSSR count). The third-order valence-corrected chi connectivity index (χ3v) is 3.48. The molecule has 0 saturated heterocycles. The van der Waals surface area contributed by atoms with Crippen molar-refractivity contribution in [1.82, 2.24) is 5.32 Å². The monoisotopic (exact) mass is 349 g/mol. The lowest BCUT2D eigenvalue weighted by Crippen LogP contribution is -2.49. The van der Waals surface area contributed by atoms with Crippen LogP contribution < -0.4 is 16.0 Å². The van der Waals surface area contributed by atoms with E-state index in [9.17, 15) is 14.4 Å². The van der Waals surface area contributed by atoms with E-state index in [1.165, 1.54) is 7.11 Å². The van der Waals surface area contributed by atoms with Gasteiger partial charge in [0.05, 0.1) is 18.5 Å². The van der Waals surface area contributed by atoms with E-state index in [4.69, 9.17) is 9.47 Å². The fraction of sp³-hybridized carbons (Fsp3) is 0.471. The number of methoxy groups -OCH3 is 1. The fourth-order valence-corrected chi connectivity index (χ4v) is 2.40. The van der Waals surface area contributed by atoms with E-state index >= 15 is 0 Å². The number of hydrogen-bond acceptors (Lipinski definition) is 6. The molecule has 0 bridgehead atoms. The molecule has 1 heterocycles. The minimum atomic E-state index is -1.02. The standard InChI is InChI=1S/C17H23N3O5/c1-17(2,3)25-16(23)20-13(15(22)24-4)9-12-14(21)19-11-8-6-5-7-10(11)18-12/h5-8,12-13,18H,9H2,1-4H3,(H,19,21)(H,20,23). The molecule has 2 unspecified atom stereocenters. The zero-order chi connectivity index (χ0) is 18.6. The van der Waals surface area contributed by atoms with Gasteiger partial charge in [0, 0.05) is 6.42 Å². The van der Waals surface area contributed by atoms with E-state index in [1.807, 2.05) is 18.2 Å². The van der Waals surface area contributed by atoms with Crippen molar-refractivity contribution in [1.29, 1.82) is 0 Å². The number of hydrogen-bond donors (Lipinski definition) is 3. The fourth-order valence-electron chi connectivity index (χ4n) is 2.40. The number of fused-ring (bicyclic) bond motifs is 1. The molecule has 1 aromatic carbocycles. The Morgan fingerprint density at radius 2 is 1.88 bits per heavy atom. The summed E-state index contributed by atoms with van der Waals surface area (Å²) in [4.78, 5) is 36.2. The van der Waals surface area contributed by atoms with Crippen molar-refractivity contribution in [2.45, 2.75) is 44.9 Å². The number of alkyl carbamates (subject to hydrolysis) is 1. The summed E-state index contributed by atoms with van der Waals surface area (Å²) in [5.41, 5.74) is 0.705. The van der Waals surface area contributed by atoms with E-state index in [2.05, 4.69) is 16.0 Å². The predicted molar refractivity (Wildman–Crippen MR) is 92.3 cm³/mol. The molecule has 1 aliphatic heterocycles. The molecule has 0 fully saturated rings. The lowest BCUT2D eigenvalue weighted by Gasteiger charge is -2.29. The van der Waals surface area contributed by atoms with Crippen LogP contribution in [0.4, 0.5) is 16.2 Å². The molecule has 0 spiro atoms. The summed E-state index contributed by atoms with van der Waals surface area (Å²) in [6.45, 7) is 5.15. The predicted octanol–water partition coefficient (Wildman–Crippen LogP) is 1.88. The zero-order valence-electron chi connectivity index (χ0n) is 14.7. The topological polar surface area (TPSA) is 106 Å². The van der Waals surface area contributed by atoms with Gasteiger partial charge in [-0.05, 0) is 32.9 Å². The Bertz CT molecular complexity index is 668. The molecule has 136 valence electrons. The van der Waals surface area contributed by atoms with Gasteiger partial charge in [0.25, 0.3) is 0 Å². The van der Waals surface area contributed by atoms with Crippen LogP contribution >= 0.6 is 0 Å². The average molecular weight is 349 g/mol. The Morgan fingerprint density at radius 3 is 2.48 bits per heavy atom. The normalized spacial score (nSPS) is 17.4. The van der Waals surface area contributed by atoms with Crippen LogP contribution in [0.2, 0.25) is 0 Å². The van der Waals surface area contributed by atoms with Gasteiger partial charge in [-0.3, -0.25) is 4.79 Å². The van der Waals surface area contributed by atoms with Crippen LogP contribution in [0, 0.1) is 0 Å². The van der Waals surface area contributed by atoms with Gasteiger partial charge in [-0.1, -0.05) is 12.1 Å². The lowest BCUT2D eigenvalue weighted by atomic mass is 10.0. The van der Waals surface area contributed by atoms with Gasteiger partial charge in [-0.25, -0.2) is 9.59 Å². The molecule has 0 aliphatic carbocycles. The third-order valence-electron chi connectivity index (χ3n) is 3.48. The highest BCUT2D eigenvalue weighted by Gasteiger charge is 2.33. The molecule has 2 amide bonds. The number of rotatable bonds is 4. The highest BCUT2D eigenvalue weighted by molar-refractivity contribution is 6.03. The van der Waals surface area contributed by atoms with Crippen molar-refractivity contribution < 1.29 is 23.9 Å². The Labute approximate surface area is 146 Å². The van der Waals surface area contributed by atoms with Crippen molar-refractivity contribution in [3.63, 3.8) is 0 Å². The average Bonchev–Trinajstić information content (AvgIpc) is 2.52. The number of anilines is 2. The smallest absolute Gasteiger partial charge is 0.408 e. The van der Waals surface area contributed by atoms with Crippen LogP contribution in [0.5, 0.6) is 0 Å². The van der Waals surface area contributed by atoms with E-state index in [-0.39, 0.29) is 12.3 Å².